The van der Waals surface area contributed by atoms with Gasteiger partial charge in [-0.2, -0.15) is 0 Å². The SMILES string of the molecule is C/C=C\C1=CC(C)(C)C=NC=C1C.C1CCC1.CCCC. The van der Waals surface area contributed by atoms with Gasteiger partial charge in [0, 0.05) is 17.8 Å². The van der Waals surface area contributed by atoms with E-state index >= 15 is 0 Å². The van der Waals surface area contributed by atoms with Crippen molar-refractivity contribution in [2.75, 3.05) is 0 Å². The molecule has 1 nitrogen and oxygen atoms in total. The summed E-state index contributed by atoms with van der Waals surface area (Å²) in [5.41, 5.74) is 2.55. The van der Waals surface area contributed by atoms with Crippen LogP contribution in [0.15, 0.2) is 40.6 Å². The van der Waals surface area contributed by atoms with E-state index in [1.165, 1.54) is 49.7 Å². The molecule has 1 aliphatic carbocycles. The number of hydrogen-bond acceptors (Lipinski definition) is 1. The Morgan fingerprint density at radius 2 is 1.62 bits per heavy atom. The highest BCUT2D eigenvalue weighted by Gasteiger charge is 2.14. The predicted molar refractivity (Wildman–Crippen MR) is 98.0 cm³/mol. The van der Waals surface area contributed by atoms with Crippen LogP contribution < -0.4 is 0 Å². The minimum Gasteiger partial charge on any atom is -0.268 e. The smallest absolute Gasteiger partial charge is 0.0299 e. The van der Waals surface area contributed by atoms with E-state index in [-0.39, 0.29) is 5.41 Å². The van der Waals surface area contributed by atoms with Gasteiger partial charge in [0.05, 0.1) is 0 Å². The number of rotatable bonds is 2. The van der Waals surface area contributed by atoms with E-state index in [9.17, 15) is 0 Å². The Morgan fingerprint density at radius 1 is 1.10 bits per heavy atom. The van der Waals surface area contributed by atoms with Crippen LogP contribution in [0.1, 0.15) is 80.1 Å². The molecule has 0 unspecified atom stereocenters. The van der Waals surface area contributed by atoms with Gasteiger partial charge in [0.25, 0.3) is 0 Å². The molecule has 1 saturated carbocycles. The van der Waals surface area contributed by atoms with Gasteiger partial charge in [-0.1, -0.05) is 84.4 Å². The van der Waals surface area contributed by atoms with Crippen LogP contribution in [0.2, 0.25) is 0 Å². The number of allylic oxidation sites excluding steroid dienone is 5. The Kier molecular flexibility index (Phi) is 10.9. The van der Waals surface area contributed by atoms with Crippen LogP contribution in [0.25, 0.3) is 0 Å². The molecule has 0 radical (unpaired) electrons. The van der Waals surface area contributed by atoms with Gasteiger partial charge in [0.15, 0.2) is 0 Å². The first-order valence-electron chi connectivity index (χ1n) is 8.53. The lowest BCUT2D eigenvalue weighted by Gasteiger charge is -2.13. The zero-order valence-electron chi connectivity index (χ0n) is 15.1. The second kappa shape index (κ2) is 11.5. The van der Waals surface area contributed by atoms with E-state index in [0.29, 0.717) is 0 Å². The molecular weight excluding hydrogens is 254 g/mol. The van der Waals surface area contributed by atoms with Gasteiger partial charge in [-0.15, -0.1) is 0 Å². The van der Waals surface area contributed by atoms with Crippen molar-refractivity contribution in [1.29, 1.82) is 0 Å². The molecule has 0 amide bonds. The van der Waals surface area contributed by atoms with E-state index in [2.05, 4.69) is 57.8 Å². The van der Waals surface area contributed by atoms with Crippen LogP contribution in [0, 0.1) is 5.41 Å². The molecule has 0 aromatic carbocycles. The summed E-state index contributed by atoms with van der Waals surface area (Å²) in [6.45, 7) is 12.8. The second-order valence-corrected chi connectivity index (χ2v) is 6.43. The van der Waals surface area contributed by atoms with E-state index < -0.39 is 0 Å². The van der Waals surface area contributed by atoms with E-state index in [0.717, 1.165) is 0 Å². The zero-order valence-corrected chi connectivity index (χ0v) is 15.1. The summed E-state index contributed by atoms with van der Waals surface area (Å²) < 4.78 is 0. The third kappa shape index (κ3) is 10.3. The van der Waals surface area contributed by atoms with Crippen molar-refractivity contribution in [3.8, 4) is 0 Å². The number of aliphatic imine (C=N–C) groups is 1. The zero-order chi connectivity index (χ0) is 16.1. The molecule has 0 aromatic rings. The summed E-state index contributed by atoms with van der Waals surface area (Å²) >= 11 is 0. The molecule has 21 heavy (non-hydrogen) atoms. The highest BCUT2D eigenvalue weighted by molar-refractivity contribution is 5.70. The van der Waals surface area contributed by atoms with Gasteiger partial charge in [-0.25, -0.2) is 0 Å². The van der Waals surface area contributed by atoms with Crippen LogP contribution >= 0.6 is 0 Å². The normalized spacial score (nSPS) is 19.1. The van der Waals surface area contributed by atoms with Gasteiger partial charge in [0.1, 0.15) is 0 Å². The first kappa shape index (κ1) is 19.9. The summed E-state index contributed by atoms with van der Waals surface area (Å²) in [7, 11) is 0. The first-order valence-corrected chi connectivity index (χ1v) is 8.53. The standard InChI is InChI=1S/C12H17N.C4H8.C4H10/c1-5-6-11-7-12(3,4)9-13-8-10(11)2;1-2-4-3-1;1-3-4-2/h5-9H,1-4H3;1-4H2;3-4H2,1-2H3/b6-5-;;. The molecule has 0 N–H and O–H groups in total. The fraction of sp³-hybridized carbons (Fsp3) is 0.650. The molecule has 1 aliphatic heterocycles. The number of hydrogen-bond donors (Lipinski definition) is 0. The summed E-state index contributed by atoms with van der Waals surface area (Å²) in [5.74, 6) is 0. The fourth-order valence-electron chi connectivity index (χ4n) is 1.58. The van der Waals surface area contributed by atoms with Crippen LogP contribution in [0.4, 0.5) is 0 Å². The lowest BCUT2D eigenvalue weighted by molar-refractivity contribution is 0.504. The van der Waals surface area contributed by atoms with Gasteiger partial charge in [-0.3, -0.25) is 4.99 Å². The summed E-state index contributed by atoms with van der Waals surface area (Å²) in [6.07, 6.45) is 19.0. The minimum atomic E-state index is 0.0586. The summed E-state index contributed by atoms with van der Waals surface area (Å²) in [6, 6.07) is 0. The Bertz CT molecular complexity index is 371. The second-order valence-electron chi connectivity index (χ2n) is 6.43. The van der Waals surface area contributed by atoms with Gasteiger partial charge in [0.2, 0.25) is 0 Å². The molecule has 0 spiro atoms. The average molecular weight is 290 g/mol. The number of unbranched alkanes of at least 4 members (excludes halogenated alkanes) is 1. The van der Waals surface area contributed by atoms with Crippen molar-refractivity contribution < 1.29 is 0 Å². The molecule has 0 saturated heterocycles. The molecular formula is C20H35N. The maximum Gasteiger partial charge on any atom is 0.0299 e. The molecule has 2 rings (SSSR count). The molecule has 2 aliphatic rings. The number of nitrogens with zero attached hydrogens (tertiary/aromatic N) is 1. The van der Waals surface area contributed by atoms with Crippen LogP contribution in [0.5, 0.6) is 0 Å². The predicted octanol–water partition coefficient (Wildman–Crippen LogP) is 6.87. The highest BCUT2D eigenvalue weighted by Crippen LogP contribution is 2.24. The minimum absolute atomic E-state index is 0.0586. The topological polar surface area (TPSA) is 12.4 Å². The molecule has 1 heteroatoms. The molecule has 1 heterocycles. The summed E-state index contributed by atoms with van der Waals surface area (Å²) in [4.78, 5) is 4.26. The quantitative estimate of drug-likeness (QED) is 0.526. The van der Waals surface area contributed by atoms with Crippen molar-refractivity contribution in [2.45, 2.75) is 80.1 Å². The van der Waals surface area contributed by atoms with E-state index in [4.69, 9.17) is 0 Å². The first-order chi connectivity index (χ1) is 9.96. The van der Waals surface area contributed by atoms with Crippen molar-refractivity contribution in [2.24, 2.45) is 10.4 Å². The Morgan fingerprint density at radius 3 is 2.00 bits per heavy atom. The largest absolute Gasteiger partial charge is 0.268 e. The monoisotopic (exact) mass is 289 g/mol. The molecule has 0 bridgehead atoms. The molecule has 0 aromatic heterocycles. The van der Waals surface area contributed by atoms with Crippen molar-refractivity contribution >= 4 is 6.21 Å². The van der Waals surface area contributed by atoms with Gasteiger partial charge >= 0.3 is 0 Å². The highest BCUT2D eigenvalue weighted by atomic mass is 14.7. The van der Waals surface area contributed by atoms with Crippen LogP contribution in [-0.4, -0.2) is 6.21 Å². The lowest BCUT2D eigenvalue weighted by Crippen LogP contribution is -2.08. The van der Waals surface area contributed by atoms with Crippen LogP contribution in [-0.2, 0) is 0 Å². The van der Waals surface area contributed by atoms with Crippen molar-refractivity contribution in [3.63, 3.8) is 0 Å². The third-order valence-corrected chi connectivity index (χ3v) is 3.50. The average Bonchev–Trinajstić information content (AvgIpc) is 2.47. The summed E-state index contributed by atoms with van der Waals surface area (Å²) in [5, 5.41) is 0. The van der Waals surface area contributed by atoms with Crippen molar-refractivity contribution in [3.05, 3.63) is 35.6 Å². The third-order valence-electron chi connectivity index (χ3n) is 3.50. The Hall–Kier alpha value is -1.11. The molecule has 0 atom stereocenters. The molecule has 1 fully saturated rings. The van der Waals surface area contributed by atoms with E-state index in [1.807, 2.05) is 19.3 Å². The van der Waals surface area contributed by atoms with E-state index in [1.54, 1.807) is 0 Å². The van der Waals surface area contributed by atoms with Crippen molar-refractivity contribution in [1.82, 2.24) is 0 Å². The Labute approximate surface area is 132 Å². The van der Waals surface area contributed by atoms with Crippen LogP contribution in [0.3, 0.4) is 0 Å². The lowest BCUT2D eigenvalue weighted by atomic mass is 9.91. The maximum atomic E-state index is 4.26. The molecule has 120 valence electrons. The van der Waals surface area contributed by atoms with Gasteiger partial charge < -0.3 is 0 Å². The maximum absolute atomic E-state index is 4.26. The van der Waals surface area contributed by atoms with Gasteiger partial charge in [-0.05, 0) is 25.0 Å². The fourth-order valence-corrected chi connectivity index (χ4v) is 1.58. The Balaban J connectivity index is 0.000000407.